The highest BCUT2D eigenvalue weighted by Crippen LogP contribution is 2.25. The Labute approximate surface area is 89.7 Å². The van der Waals surface area contributed by atoms with Gasteiger partial charge in [0, 0.05) is 28.8 Å². The minimum absolute atomic E-state index is 0.513. The summed E-state index contributed by atoms with van der Waals surface area (Å²) in [6.07, 6.45) is 1.78. The smallest absolute Gasteiger partial charge is 0.140 e. The lowest BCUT2D eigenvalue weighted by molar-refractivity contribution is 0.892. The predicted octanol–water partition coefficient (Wildman–Crippen LogP) is 3.07. The van der Waals surface area contributed by atoms with Crippen molar-refractivity contribution in [3.63, 3.8) is 0 Å². The number of hydrogen-bond acceptors (Lipinski definition) is 1. The highest BCUT2D eigenvalue weighted by Gasteiger charge is 2.07. The van der Waals surface area contributed by atoms with E-state index in [9.17, 15) is 0 Å². The van der Waals surface area contributed by atoms with Gasteiger partial charge in [-0.15, -0.1) is 11.6 Å². The van der Waals surface area contributed by atoms with Gasteiger partial charge < -0.3 is 4.57 Å². The first-order chi connectivity index (χ1) is 6.24. The van der Waals surface area contributed by atoms with E-state index in [-0.39, 0.29) is 0 Å². The Morgan fingerprint density at radius 3 is 3.00 bits per heavy atom. The van der Waals surface area contributed by atoms with Crippen molar-refractivity contribution in [2.75, 3.05) is 0 Å². The van der Waals surface area contributed by atoms with Crippen LogP contribution >= 0.6 is 27.5 Å². The molecule has 2 aromatic heterocycles. The van der Waals surface area contributed by atoms with Crippen molar-refractivity contribution in [1.82, 2.24) is 9.55 Å². The lowest BCUT2D eigenvalue weighted by atomic mass is 10.3. The summed E-state index contributed by atoms with van der Waals surface area (Å²) >= 11 is 9.27. The molecular formula is C9H8BrClN2. The summed E-state index contributed by atoms with van der Waals surface area (Å²) in [5.74, 6) is 0.513. The Kier molecular flexibility index (Phi) is 2.30. The molecule has 0 amide bonds. The van der Waals surface area contributed by atoms with Crippen LogP contribution in [0.15, 0.2) is 22.8 Å². The quantitative estimate of drug-likeness (QED) is 0.720. The molecule has 0 bridgehead atoms. The van der Waals surface area contributed by atoms with E-state index in [1.54, 1.807) is 6.20 Å². The van der Waals surface area contributed by atoms with Crippen molar-refractivity contribution in [3.05, 3.63) is 28.5 Å². The van der Waals surface area contributed by atoms with E-state index in [0.29, 0.717) is 5.88 Å². The fourth-order valence-electron chi connectivity index (χ4n) is 1.37. The van der Waals surface area contributed by atoms with Gasteiger partial charge in [0.1, 0.15) is 5.65 Å². The molecule has 0 N–H and O–H groups in total. The second-order valence-electron chi connectivity index (χ2n) is 2.86. The molecule has 2 aromatic rings. The Morgan fingerprint density at radius 1 is 1.62 bits per heavy atom. The van der Waals surface area contributed by atoms with Crippen molar-refractivity contribution in [3.8, 4) is 0 Å². The van der Waals surface area contributed by atoms with E-state index < -0.39 is 0 Å². The third-order valence-corrected chi connectivity index (χ3v) is 3.08. The van der Waals surface area contributed by atoms with Crippen LogP contribution in [0.25, 0.3) is 11.0 Å². The second-order valence-corrected chi connectivity index (χ2v) is 3.98. The van der Waals surface area contributed by atoms with Crippen molar-refractivity contribution < 1.29 is 0 Å². The van der Waals surface area contributed by atoms with Crippen LogP contribution in [0, 0.1) is 0 Å². The van der Waals surface area contributed by atoms with Gasteiger partial charge in [0.15, 0.2) is 0 Å². The van der Waals surface area contributed by atoms with Gasteiger partial charge in [0.05, 0.1) is 5.88 Å². The monoisotopic (exact) mass is 258 g/mol. The first kappa shape index (κ1) is 9.03. The van der Waals surface area contributed by atoms with E-state index in [1.165, 1.54) is 0 Å². The average Bonchev–Trinajstić information content (AvgIpc) is 2.45. The number of fused-ring (bicyclic) bond motifs is 1. The van der Waals surface area contributed by atoms with Crippen molar-refractivity contribution in [1.29, 1.82) is 0 Å². The molecule has 0 fully saturated rings. The van der Waals surface area contributed by atoms with Gasteiger partial charge in [-0.2, -0.15) is 0 Å². The van der Waals surface area contributed by atoms with Gasteiger partial charge in [-0.3, -0.25) is 0 Å². The van der Waals surface area contributed by atoms with E-state index in [4.69, 9.17) is 11.6 Å². The van der Waals surface area contributed by atoms with Crippen LogP contribution in [0.1, 0.15) is 5.69 Å². The van der Waals surface area contributed by atoms with E-state index in [0.717, 1.165) is 21.2 Å². The third-order valence-electron chi connectivity index (χ3n) is 2.11. The molecule has 0 saturated heterocycles. The number of halogens is 2. The molecule has 0 aromatic carbocycles. The van der Waals surface area contributed by atoms with Crippen molar-refractivity contribution in [2.24, 2.45) is 7.05 Å². The molecule has 2 rings (SSSR count). The van der Waals surface area contributed by atoms with Crippen LogP contribution in [0.4, 0.5) is 0 Å². The number of aryl methyl sites for hydroxylation is 1. The third kappa shape index (κ3) is 1.36. The maximum Gasteiger partial charge on any atom is 0.140 e. The molecule has 2 nitrogen and oxygen atoms in total. The summed E-state index contributed by atoms with van der Waals surface area (Å²) in [6.45, 7) is 0. The highest BCUT2D eigenvalue weighted by molar-refractivity contribution is 9.10. The Bertz CT molecular complexity index is 450. The molecule has 0 aliphatic heterocycles. The van der Waals surface area contributed by atoms with Gasteiger partial charge >= 0.3 is 0 Å². The number of nitrogens with zero attached hydrogens (tertiary/aromatic N) is 2. The lowest BCUT2D eigenvalue weighted by Gasteiger charge is -1.98. The van der Waals surface area contributed by atoms with Crippen LogP contribution in [-0.4, -0.2) is 9.55 Å². The Balaban J connectivity index is 2.83. The van der Waals surface area contributed by atoms with Crippen LogP contribution in [0.3, 0.4) is 0 Å². The fraction of sp³-hybridized carbons (Fsp3) is 0.222. The number of aromatic nitrogens is 2. The summed E-state index contributed by atoms with van der Waals surface area (Å²) in [5.41, 5.74) is 2.04. The molecule has 0 saturated carbocycles. The maximum absolute atomic E-state index is 5.79. The summed E-state index contributed by atoms with van der Waals surface area (Å²) in [6, 6.07) is 3.99. The topological polar surface area (TPSA) is 17.8 Å². The molecular weight excluding hydrogens is 251 g/mol. The molecule has 0 spiro atoms. The largest absolute Gasteiger partial charge is 0.331 e. The van der Waals surface area contributed by atoms with E-state index in [1.807, 2.05) is 17.7 Å². The molecule has 0 aliphatic carbocycles. The van der Waals surface area contributed by atoms with Gasteiger partial charge in [-0.05, 0) is 28.1 Å². The first-order valence-corrected chi connectivity index (χ1v) is 5.21. The number of pyridine rings is 1. The zero-order valence-corrected chi connectivity index (χ0v) is 9.43. The Morgan fingerprint density at radius 2 is 2.38 bits per heavy atom. The minimum atomic E-state index is 0.513. The molecule has 13 heavy (non-hydrogen) atoms. The minimum Gasteiger partial charge on any atom is -0.331 e. The van der Waals surface area contributed by atoms with Crippen molar-refractivity contribution >= 4 is 38.6 Å². The molecule has 68 valence electrons. The summed E-state index contributed by atoms with van der Waals surface area (Å²) in [4.78, 5) is 4.28. The van der Waals surface area contributed by atoms with Gasteiger partial charge in [0.2, 0.25) is 0 Å². The first-order valence-electron chi connectivity index (χ1n) is 3.89. The number of alkyl halides is 1. The van der Waals surface area contributed by atoms with Crippen LogP contribution in [-0.2, 0) is 12.9 Å². The van der Waals surface area contributed by atoms with E-state index in [2.05, 4.69) is 27.0 Å². The van der Waals surface area contributed by atoms with E-state index >= 15 is 0 Å². The highest BCUT2D eigenvalue weighted by atomic mass is 79.9. The number of hydrogen-bond donors (Lipinski definition) is 0. The van der Waals surface area contributed by atoms with Crippen molar-refractivity contribution in [2.45, 2.75) is 5.88 Å². The molecule has 4 heteroatoms. The van der Waals surface area contributed by atoms with Crippen LogP contribution < -0.4 is 0 Å². The predicted molar refractivity (Wildman–Crippen MR) is 58.0 cm³/mol. The van der Waals surface area contributed by atoms with Crippen LogP contribution in [0.5, 0.6) is 0 Å². The zero-order valence-electron chi connectivity index (χ0n) is 7.09. The second kappa shape index (κ2) is 3.31. The van der Waals surface area contributed by atoms with Gasteiger partial charge in [-0.25, -0.2) is 4.98 Å². The lowest BCUT2D eigenvalue weighted by Crippen LogP contribution is -1.93. The summed E-state index contributed by atoms with van der Waals surface area (Å²) < 4.78 is 3.07. The average molecular weight is 260 g/mol. The molecule has 0 atom stereocenters. The zero-order chi connectivity index (χ0) is 9.42. The molecule has 0 unspecified atom stereocenters. The number of rotatable bonds is 1. The van der Waals surface area contributed by atoms with Crippen LogP contribution in [0.2, 0.25) is 0 Å². The van der Waals surface area contributed by atoms with Gasteiger partial charge in [-0.1, -0.05) is 0 Å². The Hall–Kier alpha value is -0.540. The van der Waals surface area contributed by atoms with Gasteiger partial charge in [0.25, 0.3) is 0 Å². The molecule has 2 heterocycles. The SMILES string of the molecule is Cn1c(CCl)cc2c(Br)ccnc21. The fourth-order valence-corrected chi connectivity index (χ4v) is 2.03. The summed E-state index contributed by atoms with van der Waals surface area (Å²) in [5, 5.41) is 1.11. The maximum atomic E-state index is 5.79. The normalized spacial score (nSPS) is 11.0. The molecule has 0 radical (unpaired) electrons. The molecule has 0 aliphatic rings. The standard InChI is InChI=1S/C9H8BrClN2/c1-13-6(5-11)4-7-8(10)2-3-12-9(7)13/h2-4H,5H2,1H3. The summed E-state index contributed by atoms with van der Waals surface area (Å²) in [7, 11) is 1.97.